The third kappa shape index (κ3) is 2.45. The van der Waals surface area contributed by atoms with Gasteiger partial charge in [-0.2, -0.15) is 0 Å². The smallest absolute Gasteiger partial charge is 0.301 e. The fourth-order valence-corrected chi connectivity index (χ4v) is 7.31. The van der Waals surface area contributed by atoms with Crippen molar-refractivity contribution in [1.29, 1.82) is 0 Å². The third-order valence-corrected chi connectivity index (χ3v) is 8.16. The first-order valence-corrected chi connectivity index (χ1v) is 7.77. The molecule has 96 valence electrons. The van der Waals surface area contributed by atoms with Crippen molar-refractivity contribution in [2.45, 2.75) is 6.92 Å². The third-order valence-electron chi connectivity index (χ3n) is 3.31. The van der Waals surface area contributed by atoms with Crippen LogP contribution in [-0.4, -0.2) is 64.5 Å². The number of aryl methyl sites for hydroxylation is 1. The molecule has 0 amide bonds. The van der Waals surface area contributed by atoms with E-state index in [1.807, 2.05) is 0 Å². The maximum Gasteiger partial charge on any atom is 0.322 e. The summed E-state index contributed by atoms with van der Waals surface area (Å²) in [5.41, 5.74) is 1.31. The van der Waals surface area contributed by atoms with Gasteiger partial charge in [-0.15, -0.1) is 0 Å². The summed E-state index contributed by atoms with van der Waals surface area (Å²) >= 11 is 0. The number of hydrogen-bond donors (Lipinski definition) is 0. The van der Waals surface area contributed by atoms with Gasteiger partial charge in [0.2, 0.25) is 0 Å². The van der Waals surface area contributed by atoms with Crippen molar-refractivity contribution in [3.8, 4) is 0 Å². The molecular formula is C13H25N3Si. The van der Waals surface area contributed by atoms with Gasteiger partial charge in [-0.25, -0.2) is 0 Å². The SMILES string of the molecule is Cc1ccc([Si](N(C)C)(N(C)C)N(C)C)cc1. The largest absolute Gasteiger partial charge is 0.322 e. The van der Waals surface area contributed by atoms with Gasteiger partial charge in [-0.3, -0.25) is 0 Å². The Kier molecular flexibility index (Phi) is 4.49. The second-order valence-corrected chi connectivity index (χ2v) is 9.72. The highest BCUT2D eigenvalue weighted by atomic mass is 28.4. The van der Waals surface area contributed by atoms with Gasteiger partial charge in [0, 0.05) is 0 Å². The molecule has 0 bridgehead atoms. The van der Waals surface area contributed by atoms with Crippen molar-refractivity contribution in [2.75, 3.05) is 42.3 Å². The minimum absolute atomic E-state index is 1.31. The average Bonchev–Trinajstić information content (AvgIpc) is 2.20. The van der Waals surface area contributed by atoms with Crippen molar-refractivity contribution < 1.29 is 0 Å². The standard InChI is InChI=1S/C13H25N3Si/c1-12-8-10-13(11-9-12)17(14(2)3,15(4)5)16(6)7/h8-11H,1-7H3. The van der Waals surface area contributed by atoms with Crippen LogP contribution in [-0.2, 0) is 0 Å². The van der Waals surface area contributed by atoms with Gasteiger partial charge in [-0.1, -0.05) is 29.8 Å². The molecular weight excluding hydrogens is 226 g/mol. The molecule has 0 radical (unpaired) electrons. The zero-order valence-electron chi connectivity index (χ0n) is 12.2. The highest BCUT2D eigenvalue weighted by Crippen LogP contribution is 2.13. The van der Waals surface area contributed by atoms with Crippen LogP contribution in [0.2, 0.25) is 0 Å². The lowest BCUT2D eigenvalue weighted by Crippen LogP contribution is -2.76. The Morgan fingerprint density at radius 3 is 1.35 bits per heavy atom. The molecule has 0 spiro atoms. The fourth-order valence-electron chi connectivity index (χ4n) is 2.75. The maximum atomic E-state index is 2.37. The Hall–Kier alpha value is -0.683. The van der Waals surface area contributed by atoms with Crippen molar-refractivity contribution >= 4 is 13.7 Å². The lowest BCUT2D eigenvalue weighted by molar-refractivity contribution is 0.397. The Bertz CT molecular complexity index is 336. The van der Waals surface area contributed by atoms with Crippen LogP contribution in [0, 0.1) is 6.92 Å². The van der Waals surface area contributed by atoms with Gasteiger partial charge in [0.25, 0.3) is 0 Å². The molecule has 0 fully saturated rings. The van der Waals surface area contributed by atoms with Crippen molar-refractivity contribution in [2.24, 2.45) is 0 Å². The van der Waals surface area contributed by atoms with Gasteiger partial charge < -0.3 is 13.7 Å². The molecule has 0 aliphatic carbocycles. The maximum absolute atomic E-state index is 2.37. The predicted molar refractivity (Wildman–Crippen MR) is 77.6 cm³/mol. The van der Waals surface area contributed by atoms with E-state index in [0.717, 1.165) is 0 Å². The van der Waals surface area contributed by atoms with E-state index in [-0.39, 0.29) is 0 Å². The van der Waals surface area contributed by atoms with Crippen molar-refractivity contribution in [3.63, 3.8) is 0 Å². The molecule has 1 aromatic carbocycles. The summed E-state index contributed by atoms with van der Waals surface area (Å²) in [5, 5.41) is 1.42. The molecule has 0 aliphatic heterocycles. The predicted octanol–water partition coefficient (Wildman–Crippen LogP) is 0.826. The fraction of sp³-hybridized carbons (Fsp3) is 0.538. The molecule has 0 aromatic heterocycles. The van der Waals surface area contributed by atoms with E-state index in [4.69, 9.17) is 0 Å². The number of hydrogen-bond acceptors (Lipinski definition) is 3. The lowest BCUT2D eigenvalue weighted by atomic mass is 10.2. The van der Waals surface area contributed by atoms with Crippen LogP contribution in [0.25, 0.3) is 0 Å². The van der Waals surface area contributed by atoms with Crippen LogP contribution in [0.1, 0.15) is 5.56 Å². The Morgan fingerprint density at radius 1 is 0.706 bits per heavy atom. The summed E-state index contributed by atoms with van der Waals surface area (Å²) in [5.74, 6) is 0. The molecule has 1 rings (SSSR count). The van der Waals surface area contributed by atoms with Gasteiger partial charge in [0.1, 0.15) is 0 Å². The van der Waals surface area contributed by atoms with Gasteiger partial charge in [0.05, 0.1) is 0 Å². The minimum Gasteiger partial charge on any atom is -0.301 e. The van der Waals surface area contributed by atoms with E-state index in [0.29, 0.717) is 0 Å². The van der Waals surface area contributed by atoms with Crippen LogP contribution in [0.15, 0.2) is 24.3 Å². The van der Waals surface area contributed by atoms with Crippen LogP contribution >= 0.6 is 0 Å². The van der Waals surface area contributed by atoms with E-state index < -0.39 is 8.56 Å². The Labute approximate surface area is 107 Å². The summed E-state index contributed by atoms with van der Waals surface area (Å²) in [6.45, 7) is 2.13. The lowest BCUT2D eigenvalue weighted by Gasteiger charge is -2.46. The zero-order valence-corrected chi connectivity index (χ0v) is 13.2. The normalized spacial score (nSPS) is 12.8. The number of benzene rings is 1. The van der Waals surface area contributed by atoms with Crippen molar-refractivity contribution in [1.82, 2.24) is 13.7 Å². The summed E-state index contributed by atoms with van der Waals surface area (Å²) in [6, 6.07) is 8.93. The molecule has 0 saturated carbocycles. The van der Waals surface area contributed by atoms with E-state index in [1.165, 1.54) is 10.8 Å². The van der Waals surface area contributed by atoms with Gasteiger partial charge in [-0.05, 0) is 54.4 Å². The van der Waals surface area contributed by atoms with E-state index in [9.17, 15) is 0 Å². The molecule has 3 nitrogen and oxygen atoms in total. The quantitative estimate of drug-likeness (QED) is 0.734. The van der Waals surface area contributed by atoms with Crippen LogP contribution in [0.5, 0.6) is 0 Å². The number of nitrogens with zero attached hydrogens (tertiary/aromatic N) is 3. The summed E-state index contributed by atoms with van der Waals surface area (Å²) < 4.78 is 7.12. The molecule has 0 heterocycles. The van der Waals surface area contributed by atoms with E-state index >= 15 is 0 Å². The summed E-state index contributed by atoms with van der Waals surface area (Å²) in [4.78, 5) is 0. The molecule has 4 heteroatoms. The molecule has 0 saturated heterocycles. The molecule has 0 unspecified atom stereocenters. The monoisotopic (exact) mass is 251 g/mol. The van der Waals surface area contributed by atoms with Crippen LogP contribution in [0.4, 0.5) is 0 Å². The van der Waals surface area contributed by atoms with Gasteiger partial charge in [0.15, 0.2) is 0 Å². The van der Waals surface area contributed by atoms with E-state index in [2.05, 4.69) is 87.2 Å². The Balaban J connectivity index is 3.36. The highest BCUT2D eigenvalue weighted by molar-refractivity contribution is 6.84. The first-order chi connectivity index (χ1) is 7.83. The van der Waals surface area contributed by atoms with Crippen molar-refractivity contribution in [3.05, 3.63) is 29.8 Å². The first kappa shape index (κ1) is 14.4. The summed E-state index contributed by atoms with van der Waals surface area (Å²) in [7, 11) is 11.1. The average molecular weight is 251 g/mol. The molecule has 0 atom stereocenters. The zero-order chi connectivity index (χ0) is 13.2. The topological polar surface area (TPSA) is 9.72 Å². The molecule has 17 heavy (non-hydrogen) atoms. The van der Waals surface area contributed by atoms with Gasteiger partial charge >= 0.3 is 8.56 Å². The minimum atomic E-state index is -1.93. The van der Waals surface area contributed by atoms with E-state index in [1.54, 1.807) is 0 Å². The highest BCUT2D eigenvalue weighted by Gasteiger charge is 2.44. The molecule has 0 N–H and O–H groups in total. The van der Waals surface area contributed by atoms with Crippen LogP contribution < -0.4 is 5.19 Å². The summed E-state index contributed by atoms with van der Waals surface area (Å²) in [6.07, 6.45) is 0. The molecule has 1 aromatic rings. The second-order valence-electron chi connectivity index (χ2n) is 5.18. The Morgan fingerprint density at radius 2 is 1.06 bits per heavy atom. The first-order valence-electron chi connectivity index (χ1n) is 5.93. The second kappa shape index (κ2) is 5.31. The number of rotatable bonds is 4. The van der Waals surface area contributed by atoms with Crippen LogP contribution in [0.3, 0.4) is 0 Å². The molecule has 0 aliphatic rings.